The van der Waals surface area contributed by atoms with Crippen molar-refractivity contribution in [2.24, 2.45) is 5.84 Å². The molecule has 2 aromatic carbocycles. The van der Waals surface area contributed by atoms with Crippen molar-refractivity contribution in [2.75, 3.05) is 0 Å². The van der Waals surface area contributed by atoms with Crippen molar-refractivity contribution < 1.29 is 4.39 Å². The molecule has 0 amide bonds. The second-order valence-electron chi connectivity index (χ2n) is 5.15. The Kier molecular flexibility index (Phi) is 3.74. The van der Waals surface area contributed by atoms with Crippen LogP contribution in [0.25, 0.3) is 0 Å². The molecule has 1 aliphatic carbocycles. The Morgan fingerprint density at radius 2 is 1.90 bits per heavy atom. The molecule has 0 spiro atoms. The molecular formula is C16H16ClFN2. The zero-order valence-electron chi connectivity index (χ0n) is 11.0. The van der Waals surface area contributed by atoms with E-state index in [1.165, 1.54) is 29.7 Å². The first-order chi connectivity index (χ1) is 9.69. The number of hydrogen-bond acceptors (Lipinski definition) is 2. The van der Waals surface area contributed by atoms with Gasteiger partial charge in [0.25, 0.3) is 0 Å². The van der Waals surface area contributed by atoms with Crippen LogP contribution in [0.3, 0.4) is 0 Å². The van der Waals surface area contributed by atoms with Gasteiger partial charge in [0, 0.05) is 5.02 Å². The maximum absolute atomic E-state index is 13.5. The quantitative estimate of drug-likeness (QED) is 0.670. The molecule has 0 saturated heterocycles. The fourth-order valence-corrected chi connectivity index (χ4v) is 3.10. The van der Waals surface area contributed by atoms with Gasteiger partial charge in [-0.25, -0.2) is 9.82 Å². The van der Waals surface area contributed by atoms with E-state index in [1.807, 2.05) is 6.07 Å². The van der Waals surface area contributed by atoms with Crippen LogP contribution >= 0.6 is 11.6 Å². The highest BCUT2D eigenvalue weighted by atomic mass is 35.5. The van der Waals surface area contributed by atoms with E-state index in [0.29, 0.717) is 10.6 Å². The maximum atomic E-state index is 13.5. The summed E-state index contributed by atoms with van der Waals surface area (Å²) in [6, 6.07) is 10.4. The Hall–Kier alpha value is -1.42. The van der Waals surface area contributed by atoms with Crippen LogP contribution < -0.4 is 11.3 Å². The second kappa shape index (κ2) is 5.52. The highest BCUT2D eigenvalue weighted by Crippen LogP contribution is 2.31. The average Bonchev–Trinajstić information content (AvgIpc) is 2.91. The molecule has 1 atom stereocenters. The van der Waals surface area contributed by atoms with Crippen LogP contribution in [-0.4, -0.2) is 0 Å². The summed E-state index contributed by atoms with van der Waals surface area (Å²) >= 11 is 6.17. The van der Waals surface area contributed by atoms with E-state index in [2.05, 4.69) is 17.6 Å². The Labute approximate surface area is 122 Å². The highest BCUT2D eigenvalue weighted by Gasteiger charge is 2.19. The van der Waals surface area contributed by atoms with Crippen molar-refractivity contribution in [3.8, 4) is 0 Å². The number of nitrogens with two attached hydrogens (primary N) is 1. The number of benzene rings is 2. The zero-order valence-corrected chi connectivity index (χ0v) is 11.8. The van der Waals surface area contributed by atoms with Crippen molar-refractivity contribution in [1.82, 2.24) is 5.43 Å². The van der Waals surface area contributed by atoms with Gasteiger partial charge >= 0.3 is 0 Å². The summed E-state index contributed by atoms with van der Waals surface area (Å²) in [6.45, 7) is 0. The van der Waals surface area contributed by atoms with E-state index in [4.69, 9.17) is 17.4 Å². The van der Waals surface area contributed by atoms with Crippen LogP contribution in [0.5, 0.6) is 0 Å². The molecule has 0 aliphatic heterocycles. The number of fused-ring (bicyclic) bond motifs is 1. The number of nitrogens with one attached hydrogen (secondary N) is 1. The third-order valence-corrected chi connectivity index (χ3v) is 4.24. The monoisotopic (exact) mass is 290 g/mol. The first-order valence-corrected chi connectivity index (χ1v) is 7.09. The van der Waals surface area contributed by atoms with Crippen molar-refractivity contribution in [3.05, 3.63) is 69.5 Å². The summed E-state index contributed by atoms with van der Waals surface area (Å²) in [5.41, 5.74) is 7.17. The molecular weight excluding hydrogens is 275 g/mol. The predicted octanol–water partition coefficient (Wildman–Crippen LogP) is 3.52. The molecule has 0 bridgehead atoms. The first-order valence-electron chi connectivity index (χ1n) is 6.72. The van der Waals surface area contributed by atoms with Gasteiger partial charge in [-0.05, 0) is 59.7 Å². The minimum absolute atomic E-state index is 0.302. The molecule has 2 aromatic rings. The van der Waals surface area contributed by atoms with Gasteiger partial charge in [-0.3, -0.25) is 5.84 Å². The van der Waals surface area contributed by atoms with E-state index >= 15 is 0 Å². The molecule has 4 heteroatoms. The van der Waals surface area contributed by atoms with E-state index in [1.54, 1.807) is 6.07 Å². The van der Waals surface area contributed by atoms with E-state index in [-0.39, 0.29) is 11.9 Å². The summed E-state index contributed by atoms with van der Waals surface area (Å²) in [5, 5.41) is 0.509. The summed E-state index contributed by atoms with van der Waals surface area (Å²) in [7, 11) is 0. The number of hydrogen-bond donors (Lipinski definition) is 2. The molecule has 20 heavy (non-hydrogen) atoms. The lowest BCUT2D eigenvalue weighted by atomic mass is 9.96. The average molecular weight is 291 g/mol. The van der Waals surface area contributed by atoms with Crippen LogP contribution in [-0.2, 0) is 12.8 Å². The standard InChI is InChI=1S/C16H16ClFN2/c17-15-7-6-13(18)9-14(15)16(20-19)12-5-4-10-2-1-3-11(10)8-12/h4-9,16,20H,1-3,19H2. The van der Waals surface area contributed by atoms with Crippen molar-refractivity contribution in [3.63, 3.8) is 0 Å². The minimum Gasteiger partial charge on any atom is -0.271 e. The molecule has 104 valence electrons. The van der Waals surface area contributed by atoms with E-state index < -0.39 is 0 Å². The number of halogens is 2. The third kappa shape index (κ3) is 2.44. The molecule has 0 fully saturated rings. The minimum atomic E-state index is -0.314. The summed E-state index contributed by atoms with van der Waals surface area (Å²) in [5.74, 6) is 5.36. The summed E-state index contributed by atoms with van der Waals surface area (Å²) in [6.07, 6.45) is 3.43. The molecule has 0 aromatic heterocycles. The number of rotatable bonds is 3. The zero-order chi connectivity index (χ0) is 14.1. The van der Waals surface area contributed by atoms with Crippen LogP contribution in [0.1, 0.15) is 34.7 Å². The SMILES string of the molecule is NNC(c1ccc2c(c1)CCC2)c1cc(F)ccc1Cl. The lowest BCUT2D eigenvalue weighted by Gasteiger charge is -2.19. The Bertz CT molecular complexity index is 642. The van der Waals surface area contributed by atoms with Gasteiger partial charge in [0.15, 0.2) is 0 Å². The molecule has 0 radical (unpaired) electrons. The lowest BCUT2D eigenvalue weighted by molar-refractivity contribution is 0.605. The smallest absolute Gasteiger partial charge is 0.123 e. The van der Waals surface area contributed by atoms with Gasteiger partial charge in [0.05, 0.1) is 6.04 Å². The van der Waals surface area contributed by atoms with Crippen LogP contribution in [0.2, 0.25) is 5.02 Å². The lowest BCUT2D eigenvalue weighted by Crippen LogP contribution is -2.29. The molecule has 2 nitrogen and oxygen atoms in total. The van der Waals surface area contributed by atoms with Crippen LogP contribution in [0, 0.1) is 5.82 Å². The van der Waals surface area contributed by atoms with Crippen LogP contribution in [0.4, 0.5) is 4.39 Å². The van der Waals surface area contributed by atoms with Gasteiger partial charge in [-0.15, -0.1) is 0 Å². The van der Waals surface area contributed by atoms with Crippen molar-refractivity contribution >= 4 is 11.6 Å². The second-order valence-corrected chi connectivity index (χ2v) is 5.55. The van der Waals surface area contributed by atoms with Crippen LogP contribution in [0.15, 0.2) is 36.4 Å². The maximum Gasteiger partial charge on any atom is 0.123 e. The molecule has 0 saturated carbocycles. The summed E-state index contributed by atoms with van der Waals surface area (Å²) < 4.78 is 13.5. The van der Waals surface area contributed by atoms with Gasteiger partial charge in [-0.1, -0.05) is 29.8 Å². The highest BCUT2D eigenvalue weighted by molar-refractivity contribution is 6.31. The van der Waals surface area contributed by atoms with E-state index in [0.717, 1.165) is 18.4 Å². The molecule has 3 N–H and O–H groups in total. The summed E-state index contributed by atoms with van der Waals surface area (Å²) in [4.78, 5) is 0. The molecule has 1 aliphatic rings. The third-order valence-electron chi connectivity index (χ3n) is 3.89. The Morgan fingerprint density at radius 1 is 1.10 bits per heavy atom. The van der Waals surface area contributed by atoms with Gasteiger partial charge in [-0.2, -0.15) is 0 Å². The van der Waals surface area contributed by atoms with Gasteiger partial charge in [0.2, 0.25) is 0 Å². The van der Waals surface area contributed by atoms with Crippen molar-refractivity contribution in [2.45, 2.75) is 25.3 Å². The largest absolute Gasteiger partial charge is 0.271 e. The van der Waals surface area contributed by atoms with Crippen molar-refractivity contribution in [1.29, 1.82) is 0 Å². The number of aryl methyl sites for hydroxylation is 2. The normalized spacial score (nSPS) is 15.2. The topological polar surface area (TPSA) is 38.0 Å². The van der Waals surface area contributed by atoms with Gasteiger partial charge in [0.1, 0.15) is 5.82 Å². The first kappa shape index (κ1) is 13.6. The fourth-order valence-electron chi connectivity index (χ4n) is 2.87. The molecule has 1 unspecified atom stereocenters. The predicted molar refractivity (Wildman–Crippen MR) is 79.0 cm³/mol. The van der Waals surface area contributed by atoms with Gasteiger partial charge < -0.3 is 0 Å². The number of hydrazine groups is 1. The Balaban J connectivity index is 2.03. The van der Waals surface area contributed by atoms with E-state index in [9.17, 15) is 4.39 Å². The fraction of sp³-hybridized carbons (Fsp3) is 0.250. The Morgan fingerprint density at radius 3 is 2.70 bits per heavy atom. The molecule has 3 rings (SSSR count). The molecule has 0 heterocycles.